The summed E-state index contributed by atoms with van der Waals surface area (Å²) in [5.74, 6) is -0.372. The smallest absolute Gasteiger partial charge is 0.274 e. The van der Waals surface area contributed by atoms with E-state index in [1.807, 2.05) is 29.2 Å². The largest absolute Gasteiger partial charge is 0.338 e. The third-order valence-corrected chi connectivity index (χ3v) is 6.26. The molecule has 1 spiro atoms. The molecule has 1 aromatic heterocycles. The molecule has 1 aliphatic carbocycles. The molecule has 1 saturated heterocycles. The zero-order chi connectivity index (χ0) is 20.0. The molecule has 1 atom stereocenters. The van der Waals surface area contributed by atoms with E-state index in [1.165, 1.54) is 5.56 Å². The first-order valence-electron chi connectivity index (χ1n) is 9.65. The van der Waals surface area contributed by atoms with Gasteiger partial charge in [0.25, 0.3) is 5.91 Å². The number of hydrogen-bond acceptors (Lipinski definition) is 6. The SMILES string of the molecule is O=C(NO)c1ccc2c(c1)C[C@]1(CC2)CCN(Cc2ccc3nonc3c2)C1=O. The topological polar surface area (TPSA) is 109 Å². The maximum atomic E-state index is 13.3. The van der Waals surface area contributed by atoms with Crippen molar-refractivity contribution >= 4 is 22.8 Å². The van der Waals surface area contributed by atoms with Gasteiger partial charge in [0.2, 0.25) is 5.91 Å². The highest BCUT2D eigenvalue weighted by molar-refractivity contribution is 5.93. The van der Waals surface area contributed by atoms with Crippen molar-refractivity contribution in [2.75, 3.05) is 6.54 Å². The zero-order valence-electron chi connectivity index (χ0n) is 15.7. The minimum Gasteiger partial charge on any atom is -0.338 e. The van der Waals surface area contributed by atoms with E-state index >= 15 is 0 Å². The molecule has 0 saturated carbocycles. The summed E-state index contributed by atoms with van der Waals surface area (Å²) >= 11 is 0. The molecule has 0 radical (unpaired) electrons. The van der Waals surface area contributed by atoms with Gasteiger partial charge in [0.05, 0.1) is 5.41 Å². The van der Waals surface area contributed by atoms with E-state index in [4.69, 9.17) is 9.84 Å². The molecule has 2 aliphatic rings. The highest BCUT2D eigenvalue weighted by Crippen LogP contribution is 2.44. The molecule has 1 aliphatic heterocycles. The normalized spacial score (nSPS) is 21.0. The molecule has 2 N–H and O–H groups in total. The predicted octanol–water partition coefficient (Wildman–Crippen LogP) is 2.25. The number of nitrogens with one attached hydrogen (secondary N) is 1. The Morgan fingerprint density at radius 3 is 2.86 bits per heavy atom. The molecule has 2 heterocycles. The van der Waals surface area contributed by atoms with Crippen molar-refractivity contribution in [1.82, 2.24) is 20.7 Å². The van der Waals surface area contributed by atoms with Gasteiger partial charge in [0, 0.05) is 18.7 Å². The van der Waals surface area contributed by atoms with Crippen molar-refractivity contribution in [2.24, 2.45) is 5.41 Å². The molecule has 8 nitrogen and oxygen atoms in total. The lowest BCUT2D eigenvalue weighted by Crippen LogP contribution is -2.38. The van der Waals surface area contributed by atoms with Crippen LogP contribution >= 0.6 is 0 Å². The van der Waals surface area contributed by atoms with Crippen LogP contribution in [0.1, 0.15) is 39.9 Å². The van der Waals surface area contributed by atoms with Crippen LogP contribution in [0, 0.1) is 5.41 Å². The highest BCUT2D eigenvalue weighted by atomic mass is 16.6. The standard InChI is InChI=1S/C21H20N4O4/c26-19(22-28)15-3-2-14-5-6-21(11-16(14)10-15)7-8-25(20(21)27)12-13-1-4-17-18(9-13)24-29-23-17/h1-4,9-10,28H,5-8,11-12H2,(H,22,26)/t21-/m0/s1. The van der Waals surface area contributed by atoms with Crippen LogP contribution in [0.4, 0.5) is 0 Å². The van der Waals surface area contributed by atoms with Gasteiger partial charge < -0.3 is 4.90 Å². The first-order chi connectivity index (χ1) is 14.1. The molecule has 148 valence electrons. The van der Waals surface area contributed by atoms with Gasteiger partial charge in [-0.15, -0.1) is 0 Å². The Morgan fingerprint density at radius 1 is 1.14 bits per heavy atom. The van der Waals surface area contributed by atoms with Crippen LogP contribution in [0.2, 0.25) is 0 Å². The van der Waals surface area contributed by atoms with Crippen molar-refractivity contribution in [2.45, 2.75) is 32.2 Å². The number of amides is 2. The predicted molar refractivity (Wildman–Crippen MR) is 102 cm³/mol. The van der Waals surface area contributed by atoms with Crippen LogP contribution in [-0.2, 0) is 24.2 Å². The van der Waals surface area contributed by atoms with Gasteiger partial charge in [0.15, 0.2) is 0 Å². The number of hydroxylamine groups is 1. The average Bonchev–Trinajstić information content (AvgIpc) is 3.33. The summed E-state index contributed by atoms with van der Waals surface area (Å²) in [5, 5.41) is 16.6. The first kappa shape index (κ1) is 17.8. The summed E-state index contributed by atoms with van der Waals surface area (Å²) in [6, 6.07) is 11.1. The second kappa shape index (κ2) is 6.66. The maximum absolute atomic E-state index is 13.3. The third-order valence-electron chi connectivity index (χ3n) is 6.26. The van der Waals surface area contributed by atoms with Crippen molar-refractivity contribution in [3.05, 3.63) is 58.7 Å². The van der Waals surface area contributed by atoms with Crippen LogP contribution in [0.15, 0.2) is 41.0 Å². The van der Waals surface area contributed by atoms with E-state index in [0.29, 0.717) is 36.1 Å². The van der Waals surface area contributed by atoms with Crippen LogP contribution in [0.25, 0.3) is 11.0 Å². The average molecular weight is 392 g/mol. The van der Waals surface area contributed by atoms with Crippen LogP contribution in [0.3, 0.4) is 0 Å². The minimum atomic E-state index is -0.537. The molecular weight excluding hydrogens is 372 g/mol. The Bertz CT molecular complexity index is 1120. The number of nitrogens with zero attached hydrogens (tertiary/aromatic N) is 3. The molecule has 8 heteroatoms. The Kier molecular flexibility index (Phi) is 4.09. The third kappa shape index (κ3) is 2.96. The fourth-order valence-corrected chi connectivity index (χ4v) is 4.65. The Balaban J connectivity index is 1.37. The van der Waals surface area contributed by atoms with Gasteiger partial charge in [-0.2, -0.15) is 0 Å². The summed E-state index contributed by atoms with van der Waals surface area (Å²) in [7, 11) is 0. The number of rotatable bonds is 3. The van der Waals surface area contributed by atoms with E-state index in [9.17, 15) is 9.59 Å². The molecular formula is C21H20N4O4. The molecule has 0 unspecified atom stereocenters. The van der Waals surface area contributed by atoms with Crippen molar-refractivity contribution in [3.63, 3.8) is 0 Å². The number of aromatic nitrogens is 2. The van der Waals surface area contributed by atoms with E-state index in [-0.39, 0.29) is 5.91 Å². The fourth-order valence-electron chi connectivity index (χ4n) is 4.65. The lowest BCUT2D eigenvalue weighted by atomic mass is 9.70. The lowest BCUT2D eigenvalue weighted by Gasteiger charge is -2.33. The van der Waals surface area contributed by atoms with E-state index in [0.717, 1.165) is 30.4 Å². The Labute approximate surface area is 166 Å². The minimum absolute atomic E-state index is 0.165. The molecule has 3 aromatic rings. The van der Waals surface area contributed by atoms with Gasteiger partial charge >= 0.3 is 0 Å². The quantitative estimate of drug-likeness (QED) is 0.523. The number of carbonyl (C=O) groups is 2. The van der Waals surface area contributed by atoms with E-state index in [1.54, 1.807) is 17.6 Å². The number of benzene rings is 2. The summed E-state index contributed by atoms with van der Waals surface area (Å²) in [4.78, 5) is 27.0. The van der Waals surface area contributed by atoms with Crippen molar-refractivity contribution in [1.29, 1.82) is 0 Å². The number of hydrogen-bond donors (Lipinski definition) is 2. The monoisotopic (exact) mass is 392 g/mol. The fraction of sp³-hybridized carbons (Fsp3) is 0.333. The molecule has 2 amide bonds. The van der Waals surface area contributed by atoms with Gasteiger partial charge in [-0.1, -0.05) is 12.1 Å². The molecule has 1 fully saturated rings. The molecule has 29 heavy (non-hydrogen) atoms. The molecule has 5 rings (SSSR count). The second-order valence-electron chi connectivity index (χ2n) is 7.95. The van der Waals surface area contributed by atoms with E-state index < -0.39 is 11.3 Å². The van der Waals surface area contributed by atoms with Gasteiger partial charge in [0.1, 0.15) is 11.0 Å². The maximum Gasteiger partial charge on any atom is 0.274 e. The number of likely N-dealkylation sites (tertiary alicyclic amines) is 1. The second-order valence-corrected chi connectivity index (χ2v) is 7.95. The summed E-state index contributed by atoms with van der Waals surface area (Å²) < 4.78 is 4.74. The first-order valence-corrected chi connectivity index (χ1v) is 9.65. The Hall–Kier alpha value is -3.26. The van der Waals surface area contributed by atoms with Crippen LogP contribution < -0.4 is 5.48 Å². The van der Waals surface area contributed by atoms with Gasteiger partial charge in [-0.3, -0.25) is 14.8 Å². The zero-order valence-corrected chi connectivity index (χ0v) is 15.7. The highest BCUT2D eigenvalue weighted by Gasteiger charge is 2.48. The van der Waals surface area contributed by atoms with Crippen LogP contribution in [-0.4, -0.2) is 38.8 Å². The molecule has 2 aromatic carbocycles. The van der Waals surface area contributed by atoms with Crippen molar-refractivity contribution < 1.29 is 19.4 Å². The summed E-state index contributed by atoms with van der Waals surface area (Å²) in [6.45, 7) is 1.24. The van der Waals surface area contributed by atoms with Crippen LogP contribution in [0.5, 0.6) is 0 Å². The van der Waals surface area contributed by atoms with Crippen molar-refractivity contribution in [3.8, 4) is 0 Å². The summed E-state index contributed by atoms with van der Waals surface area (Å²) in [6.07, 6.45) is 3.05. The number of aryl methyl sites for hydroxylation is 1. The molecule has 0 bridgehead atoms. The van der Waals surface area contributed by atoms with E-state index in [2.05, 4.69) is 10.3 Å². The number of fused-ring (bicyclic) bond motifs is 2. The lowest BCUT2D eigenvalue weighted by molar-refractivity contribution is -0.137. The van der Waals surface area contributed by atoms with Gasteiger partial charge in [-0.25, -0.2) is 10.1 Å². The Morgan fingerprint density at radius 2 is 2.00 bits per heavy atom. The number of carbonyl (C=O) groups excluding carboxylic acids is 2. The van der Waals surface area contributed by atoms with Gasteiger partial charge in [-0.05, 0) is 77.0 Å². The summed E-state index contributed by atoms with van der Waals surface area (Å²) in [5.41, 5.74) is 6.22.